The van der Waals surface area contributed by atoms with E-state index in [0.29, 0.717) is 0 Å². The predicted octanol–water partition coefficient (Wildman–Crippen LogP) is 2.63. The van der Waals surface area contributed by atoms with Crippen LogP contribution in [0.2, 0.25) is 0 Å². The smallest absolute Gasteiger partial charge is 0.414 e. The largest absolute Gasteiger partial charge is 0.476 e. The Labute approximate surface area is 143 Å². The van der Waals surface area contributed by atoms with Crippen LogP contribution in [0.5, 0.6) is 0 Å². The number of rotatable bonds is 5. The molecular weight excluding hydrogens is 336 g/mol. The summed E-state index contributed by atoms with van der Waals surface area (Å²) in [6.45, 7) is 5.19. The van der Waals surface area contributed by atoms with Crippen LogP contribution in [0.15, 0.2) is 5.16 Å². The Morgan fingerprint density at radius 1 is 1.33 bits per heavy atom. The Kier molecular flexibility index (Phi) is 5.71. The van der Waals surface area contributed by atoms with Crippen LogP contribution in [0.4, 0.5) is 9.93 Å². The second-order valence-electron chi connectivity index (χ2n) is 6.31. The van der Waals surface area contributed by atoms with Crippen LogP contribution in [0.3, 0.4) is 0 Å². The van der Waals surface area contributed by atoms with Gasteiger partial charge in [-0.25, -0.2) is 9.59 Å². The van der Waals surface area contributed by atoms with E-state index in [4.69, 9.17) is 9.57 Å². The quantitative estimate of drug-likeness (QED) is 0.614. The Hall–Kier alpha value is -2.23. The molecule has 0 saturated heterocycles. The lowest BCUT2D eigenvalue weighted by Crippen LogP contribution is -2.27. The molecule has 0 radical (unpaired) electrons. The van der Waals surface area contributed by atoms with E-state index in [1.165, 1.54) is 0 Å². The third-order valence-electron chi connectivity index (χ3n) is 3.04. The zero-order chi connectivity index (χ0) is 17.7. The number of aromatic nitrogens is 2. The van der Waals surface area contributed by atoms with Gasteiger partial charge in [0.05, 0.1) is 0 Å². The lowest BCUT2D eigenvalue weighted by atomic mass is 10.2. The van der Waals surface area contributed by atoms with E-state index in [1.54, 1.807) is 20.8 Å². The number of carboxylic acid groups (broad SMARTS) is 1. The molecule has 1 saturated carbocycles. The fourth-order valence-corrected chi connectivity index (χ4v) is 2.61. The first-order chi connectivity index (χ1) is 11.2. The van der Waals surface area contributed by atoms with Gasteiger partial charge in [-0.3, -0.25) is 5.32 Å². The van der Waals surface area contributed by atoms with Gasteiger partial charge in [0, 0.05) is 11.5 Å². The summed E-state index contributed by atoms with van der Waals surface area (Å²) in [5, 5.41) is 15.5. The van der Waals surface area contributed by atoms with Crippen molar-refractivity contribution in [3.63, 3.8) is 0 Å². The Balaban J connectivity index is 2.04. The molecular formula is C14H20N4O5S. The van der Waals surface area contributed by atoms with E-state index in [-0.39, 0.29) is 17.1 Å². The molecule has 1 aromatic heterocycles. The van der Waals surface area contributed by atoms with Crippen molar-refractivity contribution in [3.05, 3.63) is 5.82 Å². The number of hydrogen-bond acceptors (Lipinski definition) is 8. The fourth-order valence-electron chi connectivity index (χ4n) is 2.06. The zero-order valence-electron chi connectivity index (χ0n) is 13.7. The highest BCUT2D eigenvalue weighted by Crippen LogP contribution is 2.21. The average Bonchev–Trinajstić information content (AvgIpc) is 3.08. The minimum absolute atomic E-state index is 0.0719. The molecule has 1 heterocycles. The normalized spacial score (nSPS) is 16.0. The summed E-state index contributed by atoms with van der Waals surface area (Å²) in [7, 11) is 0. The number of hydrogen-bond donors (Lipinski definition) is 2. The molecule has 1 aromatic rings. The molecule has 0 aliphatic heterocycles. The maximum Gasteiger partial charge on any atom is 0.414 e. The van der Waals surface area contributed by atoms with Crippen molar-refractivity contribution in [2.45, 2.75) is 58.2 Å². The van der Waals surface area contributed by atoms with Crippen molar-refractivity contribution in [1.29, 1.82) is 0 Å². The first kappa shape index (κ1) is 18.1. The van der Waals surface area contributed by atoms with Crippen molar-refractivity contribution in [1.82, 2.24) is 9.36 Å². The summed E-state index contributed by atoms with van der Waals surface area (Å²) >= 11 is 0.835. The number of carbonyl (C=O) groups excluding carboxylic acids is 1. The molecule has 0 spiro atoms. The second-order valence-corrected chi connectivity index (χ2v) is 7.06. The summed E-state index contributed by atoms with van der Waals surface area (Å²) in [4.78, 5) is 32.2. The number of amides is 1. The lowest BCUT2D eigenvalue weighted by molar-refractivity contribution is -0.129. The molecule has 1 fully saturated rings. The highest BCUT2D eigenvalue weighted by molar-refractivity contribution is 7.10. The summed E-state index contributed by atoms with van der Waals surface area (Å²) in [5.74, 6) is -1.41. The molecule has 0 atom stereocenters. The van der Waals surface area contributed by atoms with Crippen molar-refractivity contribution in [2.24, 2.45) is 5.16 Å². The standard InChI is InChI=1S/C14H20N4O5S/c1-14(2,3)22-13(21)16-12-15-10(18-24-12)9(11(19)20)17-23-8-6-4-5-7-8/h8H,4-7H2,1-3H3,(H,19,20)(H,15,16,18,21)/b17-9+. The van der Waals surface area contributed by atoms with Crippen LogP contribution in [-0.2, 0) is 14.4 Å². The number of nitrogens with zero attached hydrogens (tertiary/aromatic N) is 3. The Morgan fingerprint density at radius 3 is 2.58 bits per heavy atom. The predicted molar refractivity (Wildman–Crippen MR) is 87.3 cm³/mol. The molecule has 0 aromatic carbocycles. The first-order valence-electron chi connectivity index (χ1n) is 7.56. The van der Waals surface area contributed by atoms with Gasteiger partial charge >= 0.3 is 12.1 Å². The zero-order valence-corrected chi connectivity index (χ0v) is 14.6. The number of anilines is 1. The van der Waals surface area contributed by atoms with Gasteiger partial charge in [-0.1, -0.05) is 5.16 Å². The minimum atomic E-state index is -1.30. The number of aliphatic carboxylic acids is 1. The SMILES string of the molecule is CC(C)(C)OC(=O)Nc1nc(/C(=N\OC2CCCC2)C(=O)O)ns1. The maximum atomic E-state index is 11.7. The van der Waals surface area contributed by atoms with Crippen LogP contribution < -0.4 is 5.32 Å². The highest BCUT2D eigenvalue weighted by Gasteiger charge is 2.23. The van der Waals surface area contributed by atoms with E-state index in [0.717, 1.165) is 37.2 Å². The number of oxime groups is 1. The topological polar surface area (TPSA) is 123 Å². The van der Waals surface area contributed by atoms with Gasteiger partial charge in [-0.2, -0.15) is 9.36 Å². The number of ether oxygens (including phenoxy) is 1. The summed E-state index contributed by atoms with van der Waals surface area (Å²) < 4.78 is 8.99. The second kappa shape index (κ2) is 7.56. The third-order valence-corrected chi connectivity index (χ3v) is 3.67. The van der Waals surface area contributed by atoms with Gasteiger partial charge in [0.15, 0.2) is 0 Å². The molecule has 1 amide bonds. The van der Waals surface area contributed by atoms with E-state index in [9.17, 15) is 14.7 Å². The van der Waals surface area contributed by atoms with Gasteiger partial charge in [-0.05, 0) is 46.5 Å². The minimum Gasteiger partial charge on any atom is -0.476 e. The molecule has 0 bridgehead atoms. The lowest BCUT2D eigenvalue weighted by Gasteiger charge is -2.18. The van der Waals surface area contributed by atoms with Crippen molar-refractivity contribution in [2.75, 3.05) is 5.32 Å². The molecule has 2 rings (SSSR count). The molecule has 0 unspecified atom stereocenters. The molecule has 1 aliphatic rings. The van der Waals surface area contributed by atoms with E-state index >= 15 is 0 Å². The summed E-state index contributed by atoms with van der Waals surface area (Å²) in [6, 6.07) is 0. The van der Waals surface area contributed by atoms with Crippen molar-refractivity contribution in [3.8, 4) is 0 Å². The molecule has 2 N–H and O–H groups in total. The summed E-state index contributed by atoms with van der Waals surface area (Å²) in [6.07, 6.45) is 3.03. The highest BCUT2D eigenvalue weighted by atomic mass is 32.1. The van der Waals surface area contributed by atoms with E-state index in [1.807, 2.05) is 0 Å². The molecule has 1 aliphatic carbocycles. The van der Waals surface area contributed by atoms with Crippen LogP contribution in [-0.4, -0.2) is 43.9 Å². The van der Waals surface area contributed by atoms with E-state index in [2.05, 4.69) is 19.8 Å². The van der Waals surface area contributed by atoms with Crippen LogP contribution >= 0.6 is 11.5 Å². The molecule has 132 valence electrons. The van der Waals surface area contributed by atoms with Gasteiger partial charge in [0.1, 0.15) is 11.7 Å². The number of nitrogens with one attached hydrogen (secondary N) is 1. The van der Waals surface area contributed by atoms with Crippen LogP contribution in [0.1, 0.15) is 52.3 Å². The monoisotopic (exact) mass is 356 g/mol. The van der Waals surface area contributed by atoms with Gasteiger partial charge in [0.25, 0.3) is 0 Å². The average molecular weight is 356 g/mol. The van der Waals surface area contributed by atoms with Crippen molar-refractivity contribution < 1.29 is 24.3 Å². The van der Waals surface area contributed by atoms with Crippen molar-refractivity contribution >= 4 is 34.4 Å². The van der Waals surface area contributed by atoms with Crippen LogP contribution in [0, 0.1) is 0 Å². The maximum absolute atomic E-state index is 11.7. The van der Waals surface area contributed by atoms with Gasteiger partial charge in [-0.15, -0.1) is 0 Å². The third kappa shape index (κ3) is 5.44. The summed E-state index contributed by atoms with van der Waals surface area (Å²) in [5.41, 5.74) is -1.05. The van der Waals surface area contributed by atoms with Gasteiger partial charge < -0.3 is 14.7 Å². The van der Waals surface area contributed by atoms with Gasteiger partial charge in [0.2, 0.25) is 16.7 Å². The first-order valence-corrected chi connectivity index (χ1v) is 8.33. The fraction of sp³-hybridized carbons (Fsp3) is 0.643. The van der Waals surface area contributed by atoms with E-state index < -0.39 is 23.4 Å². The molecule has 24 heavy (non-hydrogen) atoms. The Morgan fingerprint density at radius 2 is 2.00 bits per heavy atom. The molecule has 9 nitrogen and oxygen atoms in total. The molecule has 10 heteroatoms. The number of carbonyl (C=O) groups is 2. The Bertz CT molecular complexity index is 631. The number of carboxylic acids is 1. The van der Waals surface area contributed by atoms with Crippen LogP contribution in [0.25, 0.3) is 0 Å².